The minimum atomic E-state index is -0.0700. The Balaban J connectivity index is 1.94. The number of hydrogen-bond acceptors (Lipinski definition) is 5. The van der Waals surface area contributed by atoms with Crippen molar-refractivity contribution >= 4 is 55.8 Å². The van der Waals surface area contributed by atoms with Crippen LogP contribution >= 0.6 is 33.9 Å². The highest BCUT2D eigenvalue weighted by Crippen LogP contribution is 2.29. The van der Waals surface area contributed by atoms with Crippen LogP contribution in [0.3, 0.4) is 0 Å². The lowest BCUT2D eigenvalue weighted by Crippen LogP contribution is -2.22. The number of thiazole rings is 1. The van der Waals surface area contributed by atoms with Crippen LogP contribution in [0, 0.1) is 3.70 Å². The van der Waals surface area contributed by atoms with E-state index in [0.29, 0.717) is 4.88 Å². The minimum Gasteiger partial charge on any atom is -0.383 e. The normalized spacial score (nSPS) is 11.7. The average molecular weight is 458 g/mol. The maximum atomic E-state index is 11.9. The molecule has 0 saturated carbocycles. The first-order valence-corrected chi connectivity index (χ1v) is 9.43. The second kappa shape index (κ2) is 7.34. The molecular formula is C16H19IN4O2S. The largest absolute Gasteiger partial charge is 0.383 e. The Bertz CT molecular complexity index is 889. The van der Waals surface area contributed by atoms with Crippen molar-refractivity contribution in [3.05, 3.63) is 32.3 Å². The number of amides is 1. The molecule has 2 heterocycles. The van der Waals surface area contributed by atoms with Gasteiger partial charge in [-0.25, -0.2) is 4.98 Å². The molecule has 0 radical (unpaired) electrons. The summed E-state index contributed by atoms with van der Waals surface area (Å²) in [4.78, 5) is 20.4. The predicted octanol–water partition coefficient (Wildman–Crippen LogP) is 2.59. The van der Waals surface area contributed by atoms with Gasteiger partial charge in [-0.3, -0.25) is 14.1 Å². The fourth-order valence-electron chi connectivity index (χ4n) is 2.59. The molecule has 8 heteroatoms. The Kier molecular flexibility index (Phi) is 5.38. The zero-order valence-electron chi connectivity index (χ0n) is 13.8. The van der Waals surface area contributed by atoms with Crippen LogP contribution in [0.2, 0.25) is 0 Å². The van der Waals surface area contributed by atoms with Crippen LogP contribution in [0.25, 0.3) is 16.0 Å². The number of imidazole rings is 1. The van der Waals surface area contributed by atoms with E-state index in [1.54, 1.807) is 14.2 Å². The minimum absolute atomic E-state index is 0.0700. The van der Waals surface area contributed by atoms with Crippen LogP contribution in [0.15, 0.2) is 18.2 Å². The van der Waals surface area contributed by atoms with Crippen molar-refractivity contribution in [3.63, 3.8) is 0 Å². The first-order chi connectivity index (χ1) is 11.5. The molecule has 0 aliphatic carbocycles. The first kappa shape index (κ1) is 17.6. The van der Waals surface area contributed by atoms with Gasteiger partial charge in [0.15, 0.2) is 4.96 Å². The number of ether oxygens (including phenoxy) is 1. The molecule has 0 saturated heterocycles. The molecular weight excluding hydrogens is 439 g/mol. The Morgan fingerprint density at radius 1 is 1.50 bits per heavy atom. The molecule has 0 bridgehead atoms. The maximum Gasteiger partial charge on any atom is 0.263 e. The number of benzene rings is 1. The molecule has 0 fully saturated rings. The molecule has 6 nitrogen and oxygen atoms in total. The van der Waals surface area contributed by atoms with Crippen LogP contribution in [0.1, 0.15) is 15.2 Å². The third kappa shape index (κ3) is 3.28. The molecule has 24 heavy (non-hydrogen) atoms. The molecule has 0 spiro atoms. The van der Waals surface area contributed by atoms with Gasteiger partial charge < -0.3 is 10.1 Å². The maximum absolute atomic E-state index is 11.9. The second-order valence-corrected chi connectivity index (χ2v) is 7.58. The Morgan fingerprint density at radius 2 is 2.29 bits per heavy atom. The fourth-order valence-corrected chi connectivity index (χ4v) is 4.79. The van der Waals surface area contributed by atoms with Gasteiger partial charge >= 0.3 is 0 Å². The number of carbonyl (C=O) groups is 1. The van der Waals surface area contributed by atoms with Gasteiger partial charge in [0, 0.05) is 27.2 Å². The zero-order chi connectivity index (χ0) is 17.3. The molecule has 3 aromatic rings. The quantitative estimate of drug-likeness (QED) is 0.578. The number of nitrogens with zero attached hydrogens (tertiary/aromatic N) is 3. The highest BCUT2D eigenvalue weighted by Gasteiger charge is 2.19. The molecule has 2 aromatic heterocycles. The van der Waals surface area contributed by atoms with E-state index in [1.165, 1.54) is 16.9 Å². The zero-order valence-corrected chi connectivity index (χ0v) is 16.8. The van der Waals surface area contributed by atoms with Crippen LogP contribution in [0.5, 0.6) is 0 Å². The standard InChI is InChI=1S/C16H19IN4O2S/c1-18-15(22)13-14(17)21-12-5-4-10(9-20(2)6-7-23-3)8-11(12)19-16(21)24-13/h4-5,8H,6-7,9H2,1-3H3,(H,18,22). The van der Waals surface area contributed by atoms with Crippen LogP contribution in [-0.2, 0) is 11.3 Å². The van der Waals surface area contributed by atoms with Crippen molar-refractivity contribution in [3.8, 4) is 0 Å². The number of carbonyl (C=O) groups excluding carboxylic acids is 1. The second-order valence-electron chi connectivity index (χ2n) is 5.58. The van der Waals surface area contributed by atoms with E-state index in [1.807, 2.05) is 4.40 Å². The number of rotatable bonds is 6. The summed E-state index contributed by atoms with van der Waals surface area (Å²) in [7, 11) is 5.44. The monoisotopic (exact) mass is 458 g/mol. The molecule has 3 rings (SSSR count). The summed E-state index contributed by atoms with van der Waals surface area (Å²) < 4.78 is 8.06. The molecule has 1 aromatic carbocycles. The van der Waals surface area contributed by atoms with E-state index in [9.17, 15) is 4.79 Å². The van der Waals surface area contributed by atoms with Crippen molar-refractivity contribution in [2.75, 3.05) is 34.4 Å². The smallest absolute Gasteiger partial charge is 0.263 e. The van der Waals surface area contributed by atoms with Crippen LogP contribution < -0.4 is 5.32 Å². The van der Waals surface area contributed by atoms with E-state index >= 15 is 0 Å². The van der Waals surface area contributed by atoms with Crippen LogP contribution in [0.4, 0.5) is 0 Å². The molecule has 1 N–H and O–H groups in total. The number of halogens is 1. The van der Waals surface area contributed by atoms with Gasteiger partial charge in [0.1, 0.15) is 8.58 Å². The lowest BCUT2D eigenvalue weighted by Gasteiger charge is -2.15. The lowest BCUT2D eigenvalue weighted by molar-refractivity contribution is 0.0966. The van der Waals surface area contributed by atoms with E-state index in [-0.39, 0.29) is 5.91 Å². The molecule has 0 unspecified atom stereocenters. The van der Waals surface area contributed by atoms with Crippen molar-refractivity contribution in [1.82, 2.24) is 19.6 Å². The molecule has 0 aliphatic rings. The average Bonchev–Trinajstić information content (AvgIpc) is 3.08. The predicted molar refractivity (Wildman–Crippen MR) is 105 cm³/mol. The Morgan fingerprint density at radius 3 is 3.00 bits per heavy atom. The van der Waals surface area contributed by atoms with Gasteiger partial charge in [-0.2, -0.15) is 0 Å². The topological polar surface area (TPSA) is 58.9 Å². The van der Waals surface area contributed by atoms with Gasteiger partial charge in [0.25, 0.3) is 5.91 Å². The van der Waals surface area contributed by atoms with Gasteiger partial charge in [-0.1, -0.05) is 17.4 Å². The van der Waals surface area contributed by atoms with E-state index in [4.69, 9.17) is 9.72 Å². The summed E-state index contributed by atoms with van der Waals surface area (Å²) in [5.41, 5.74) is 3.21. The van der Waals surface area contributed by atoms with Crippen molar-refractivity contribution < 1.29 is 9.53 Å². The van der Waals surface area contributed by atoms with E-state index < -0.39 is 0 Å². The molecule has 0 atom stereocenters. The number of aromatic nitrogens is 2. The summed E-state index contributed by atoms with van der Waals surface area (Å²) in [6, 6.07) is 6.32. The lowest BCUT2D eigenvalue weighted by atomic mass is 10.2. The van der Waals surface area contributed by atoms with Crippen molar-refractivity contribution in [1.29, 1.82) is 0 Å². The number of methoxy groups -OCH3 is 1. The number of nitrogens with one attached hydrogen (secondary N) is 1. The van der Waals surface area contributed by atoms with Crippen LogP contribution in [-0.4, -0.2) is 54.5 Å². The Hall–Kier alpha value is -1.23. The summed E-state index contributed by atoms with van der Waals surface area (Å²) in [5, 5.41) is 2.68. The highest BCUT2D eigenvalue weighted by molar-refractivity contribution is 14.1. The van der Waals surface area contributed by atoms with Gasteiger partial charge in [0.05, 0.1) is 17.6 Å². The summed E-state index contributed by atoms with van der Waals surface area (Å²) in [6.45, 7) is 2.46. The first-order valence-electron chi connectivity index (χ1n) is 7.54. The number of likely N-dealkylation sites (N-methyl/N-ethyl adjacent to an activating group) is 1. The molecule has 1 amide bonds. The number of fused-ring (bicyclic) bond motifs is 3. The molecule has 128 valence electrons. The summed E-state index contributed by atoms with van der Waals surface area (Å²) >= 11 is 3.63. The van der Waals surface area contributed by atoms with E-state index in [2.05, 4.69) is 58.1 Å². The van der Waals surface area contributed by atoms with E-state index in [0.717, 1.165) is 39.4 Å². The third-order valence-corrected chi connectivity index (χ3v) is 6.26. The van der Waals surface area contributed by atoms with Crippen molar-refractivity contribution in [2.24, 2.45) is 0 Å². The highest BCUT2D eigenvalue weighted by atomic mass is 127. The third-order valence-electron chi connectivity index (χ3n) is 3.83. The van der Waals surface area contributed by atoms with Gasteiger partial charge in [0.2, 0.25) is 0 Å². The summed E-state index contributed by atoms with van der Waals surface area (Å²) in [5.74, 6) is -0.0700. The van der Waals surface area contributed by atoms with Gasteiger partial charge in [-0.05, 0) is 47.3 Å². The van der Waals surface area contributed by atoms with Crippen molar-refractivity contribution in [2.45, 2.75) is 6.54 Å². The number of hydrogen-bond donors (Lipinski definition) is 1. The van der Waals surface area contributed by atoms with Gasteiger partial charge in [-0.15, -0.1) is 0 Å². The Labute approximate surface area is 157 Å². The summed E-state index contributed by atoms with van der Waals surface area (Å²) in [6.07, 6.45) is 0. The SMILES string of the molecule is CNC(=O)c1sc2nc3cc(CN(C)CCOC)ccc3n2c1I. The molecule has 0 aliphatic heterocycles. The fraction of sp³-hybridized carbons (Fsp3) is 0.375.